The molecule has 1 heteroatoms. The summed E-state index contributed by atoms with van der Waals surface area (Å²) in [6.45, 7) is 14.1. The van der Waals surface area contributed by atoms with Crippen LogP contribution in [0.25, 0.3) is 65.7 Å². The standard InChI is InChI=1S/C61H49N/c1-59(2,3)42-30-33-45-46-34-31-43(60(4,5)6)37-52(46)61(51(45)36-42)49-22-12-10-21-47(49)58-50(61)23-15-25-55(58)62(53-24-13-11-20-44(53)38-16-8-7-9-17-38)54-35-29-41-27-26-39-18-14-19-40-28-32-48(54)57(41)56(39)40/h7-37H,1-6H3. The van der Waals surface area contributed by atoms with Gasteiger partial charge in [0.25, 0.3) is 0 Å². The summed E-state index contributed by atoms with van der Waals surface area (Å²) in [5.41, 5.74) is 18.8. The summed E-state index contributed by atoms with van der Waals surface area (Å²) in [6, 6.07) is 71.7. The van der Waals surface area contributed by atoms with Gasteiger partial charge in [-0.3, -0.25) is 0 Å². The van der Waals surface area contributed by atoms with Gasteiger partial charge in [-0.15, -0.1) is 0 Å². The van der Waals surface area contributed by atoms with Gasteiger partial charge < -0.3 is 4.90 Å². The van der Waals surface area contributed by atoms with Crippen LogP contribution in [0.1, 0.15) is 74.9 Å². The molecule has 1 nitrogen and oxygen atoms in total. The van der Waals surface area contributed by atoms with Gasteiger partial charge in [0.15, 0.2) is 0 Å². The molecule has 0 saturated carbocycles. The molecule has 62 heavy (non-hydrogen) atoms. The molecule has 2 aliphatic carbocycles. The summed E-state index contributed by atoms with van der Waals surface area (Å²) in [6.07, 6.45) is 0. The van der Waals surface area contributed by atoms with Gasteiger partial charge in [0.2, 0.25) is 0 Å². The second-order valence-corrected chi connectivity index (χ2v) is 19.7. The van der Waals surface area contributed by atoms with Crippen molar-refractivity contribution < 1.29 is 0 Å². The quantitative estimate of drug-likeness (QED) is 0.160. The summed E-state index contributed by atoms with van der Waals surface area (Å²) in [7, 11) is 0. The lowest BCUT2D eigenvalue weighted by molar-refractivity contribution is 0.586. The molecule has 0 N–H and O–H groups in total. The maximum atomic E-state index is 2.59. The van der Waals surface area contributed by atoms with E-state index >= 15 is 0 Å². The van der Waals surface area contributed by atoms with Gasteiger partial charge in [0.05, 0.1) is 22.5 Å². The van der Waals surface area contributed by atoms with Crippen molar-refractivity contribution >= 4 is 49.4 Å². The minimum atomic E-state index is -0.512. The van der Waals surface area contributed by atoms with Crippen molar-refractivity contribution in [1.82, 2.24) is 0 Å². The van der Waals surface area contributed by atoms with E-state index in [0.29, 0.717) is 0 Å². The molecule has 0 atom stereocenters. The molecular weight excluding hydrogens is 747 g/mol. The Hall–Kier alpha value is -6.96. The van der Waals surface area contributed by atoms with Crippen molar-refractivity contribution in [2.45, 2.75) is 57.8 Å². The van der Waals surface area contributed by atoms with Crippen LogP contribution in [-0.2, 0) is 16.2 Å². The van der Waals surface area contributed by atoms with E-state index in [1.807, 2.05) is 0 Å². The van der Waals surface area contributed by atoms with E-state index < -0.39 is 5.41 Å². The molecule has 0 unspecified atom stereocenters. The minimum Gasteiger partial charge on any atom is -0.309 e. The van der Waals surface area contributed by atoms with E-state index in [0.717, 1.165) is 5.69 Å². The lowest BCUT2D eigenvalue weighted by Gasteiger charge is -2.34. The Morgan fingerprint density at radius 3 is 1.56 bits per heavy atom. The fourth-order valence-corrected chi connectivity index (χ4v) is 11.2. The molecule has 10 aromatic rings. The molecule has 0 fully saturated rings. The Morgan fingerprint density at radius 1 is 0.355 bits per heavy atom. The molecule has 0 aromatic heterocycles. The van der Waals surface area contributed by atoms with Gasteiger partial charge in [-0.1, -0.05) is 211 Å². The second kappa shape index (κ2) is 13.0. The van der Waals surface area contributed by atoms with E-state index in [2.05, 4.69) is 234 Å². The van der Waals surface area contributed by atoms with Crippen molar-refractivity contribution in [1.29, 1.82) is 0 Å². The molecule has 0 saturated heterocycles. The zero-order valence-corrected chi connectivity index (χ0v) is 36.3. The van der Waals surface area contributed by atoms with E-state index in [9.17, 15) is 0 Å². The molecule has 0 amide bonds. The van der Waals surface area contributed by atoms with Crippen LogP contribution >= 0.6 is 0 Å². The van der Waals surface area contributed by atoms with Crippen LogP contribution in [0.3, 0.4) is 0 Å². The molecule has 10 aromatic carbocycles. The molecule has 0 radical (unpaired) electrons. The summed E-state index contributed by atoms with van der Waals surface area (Å²) in [5, 5.41) is 7.69. The van der Waals surface area contributed by atoms with Crippen LogP contribution in [-0.4, -0.2) is 0 Å². The molecular formula is C61H49N. The average Bonchev–Trinajstić information content (AvgIpc) is 3.76. The highest BCUT2D eigenvalue weighted by Gasteiger charge is 2.53. The molecule has 0 heterocycles. The summed E-state index contributed by atoms with van der Waals surface area (Å²) in [5.74, 6) is 0. The predicted molar refractivity (Wildman–Crippen MR) is 264 cm³/mol. The number of anilines is 3. The predicted octanol–water partition coefficient (Wildman–Crippen LogP) is 16.7. The van der Waals surface area contributed by atoms with E-state index in [1.54, 1.807) is 0 Å². The van der Waals surface area contributed by atoms with Gasteiger partial charge >= 0.3 is 0 Å². The van der Waals surface area contributed by atoms with Crippen molar-refractivity contribution in [3.05, 3.63) is 221 Å². The zero-order chi connectivity index (χ0) is 42.1. The topological polar surface area (TPSA) is 3.24 Å². The van der Waals surface area contributed by atoms with E-state index in [1.165, 1.54) is 110 Å². The molecule has 0 aliphatic heterocycles. The Bertz CT molecular complexity index is 3350. The third-order valence-electron chi connectivity index (χ3n) is 14.1. The highest BCUT2D eigenvalue weighted by atomic mass is 15.1. The van der Waals surface area contributed by atoms with Gasteiger partial charge in [-0.25, -0.2) is 0 Å². The van der Waals surface area contributed by atoms with Gasteiger partial charge in [-0.2, -0.15) is 0 Å². The van der Waals surface area contributed by atoms with Crippen LogP contribution in [0.2, 0.25) is 0 Å². The van der Waals surface area contributed by atoms with Crippen LogP contribution in [0.5, 0.6) is 0 Å². The Kier molecular flexibility index (Phi) is 7.74. The fraction of sp³-hybridized carbons (Fsp3) is 0.148. The first-order chi connectivity index (χ1) is 30.0. The molecule has 2 aliphatic rings. The molecule has 298 valence electrons. The SMILES string of the molecule is CC(C)(C)c1ccc2c(c1)C1(c3cc(C(C)(C)C)ccc3-2)c2ccccc2-c2c(N(c3ccccc3-c3ccccc3)c3ccc4ccc5cccc6ccc3c4c56)cccc21. The maximum absolute atomic E-state index is 2.59. The summed E-state index contributed by atoms with van der Waals surface area (Å²) >= 11 is 0. The monoisotopic (exact) mass is 795 g/mol. The molecule has 12 rings (SSSR count). The number of nitrogens with zero attached hydrogens (tertiary/aromatic N) is 1. The van der Waals surface area contributed by atoms with Crippen LogP contribution in [0.4, 0.5) is 17.1 Å². The first-order valence-corrected chi connectivity index (χ1v) is 22.2. The second-order valence-electron chi connectivity index (χ2n) is 19.7. The van der Waals surface area contributed by atoms with Crippen molar-refractivity contribution in [3.8, 4) is 33.4 Å². The Balaban J connectivity index is 1.22. The number of para-hydroxylation sites is 1. The van der Waals surface area contributed by atoms with Gasteiger partial charge in [-0.05, 0) is 112 Å². The normalized spacial score (nSPS) is 13.8. The number of hydrogen-bond acceptors (Lipinski definition) is 1. The van der Waals surface area contributed by atoms with Crippen LogP contribution in [0.15, 0.2) is 188 Å². The molecule has 1 spiro atoms. The highest BCUT2D eigenvalue weighted by molar-refractivity contribution is 6.26. The average molecular weight is 796 g/mol. The largest absolute Gasteiger partial charge is 0.309 e. The summed E-state index contributed by atoms with van der Waals surface area (Å²) in [4.78, 5) is 2.59. The number of benzene rings is 10. The van der Waals surface area contributed by atoms with Crippen LogP contribution in [0, 0.1) is 0 Å². The first kappa shape index (κ1) is 36.9. The minimum absolute atomic E-state index is 0.0165. The third-order valence-corrected chi connectivity index (χ3v) is 14.1. The number of fused-ring (bicyclic) bond motifs is 10. The van der Waals surface area contributed by atoms with Crippen LogP contribution < -0.4 is 4.90 Å². The first-order valence-electron chi connectivity index (χ1n) is 22.2. The van der Waals surface area contributed by atoms with E-state index in [-0.39, 0.29) is 10.8 Å². The fourth-order valence-electron chi connectivity index (χ4n) is 11.2. The lowest BCUT2D eigenvalue weighted by Crippen LogP contribution is -2.27. The van der Waals surface area contributed by atoms with Gasteiger partial charge in [0, 0.05) is 16.5 Å². The zero-order valence-electron chi connectivity index (χ0n) is 36.3. The Labute approximate surface area is 365 Å². The Morgan fingerprint density at radius 2 is 0.887 bits per heavy atom. The van der Waals surface area contributed by atoms with E-state index in [4.69, 9.17) is 0 Å². The highest BCUT2D eigenvalue weighted by Crippen LogP contribution is 2.65. The number of rotatable bonds is 4. The van der Waals surface area contributed by atoms with Crippen molar-refractivity contribution in [2.24, 2.45) is 0 Å². The maximum Gasteiger partial charge on any atom is 0.0726 e. The smallest absolute Gasteiger partial charge is 0.0726 e. The van der Waals surface area contributed by atoms with Crippen molar-refractivity contribution in [2.75, 3.05) is 4.90 Å². The third kappa shape index (κ3) is 5.09. The summed E-state index contributed by atoms with van der Waals surface area (Å²) < 4.78 is 0. The van der Waals surface area contributed by atoms with Gasteiger partial charge in [0.1, 0.15) is 0 Å². The van der Waals surface area contributed by atoms with Crippen molar-refractivity contribution in [3.63, 3.8) is 0 Å². The number of hydrogen-bond donors (Lipinski definition) is 0. The lowest BCUT2D eigenvalue weighted by atomic mass is 9.69. The molecule has 0 bridgehead atoms.